The molecule has 21 heavy (non-hydrogen) atoms. The molecule has 9 heteroatoms. The fourth-order valence-electron chi connectivity index (χ4n) is 2.30. The molecule has 1 heterocycles. The van der Waals surface area contributed by atoms with Gasteiger partial charge in [0.05, 0.1) is 6.10 Å². The Morgan fingerprint density at radius 3 is 2.67 bits per heavy atom. The van der Waals surface area contributed by atoms with Crippen molar-refractivity contribution in [3.8, 4) is 0 Å². The number of aliphatic hydroxyl groups is 1. The maximum Gasteiger partial charge on any atom is 0.246 e. The smallest absolute Gasteiger partial charge is 0.246 e. The monoisotopic (exact) mass is 317 g/mol. The van der Waals surface area contributed by atoms with Gasteiger partial charge in [-0.2, -0.15) is 4.31 Å². The summed E-state index contributed by atoms with van der Waals surface area (Å²) < 4.78 is 39.7. The number of nitrogen functional groups attached to an aromatic ring is 1. The Kier molecular flexibility index (Phi) is 3.91. The fraction of sp³-hybridized carbons (Fsp3) is 0.417. The van der Waals surface area contributed by atoms with Crippen LogP contribution in [0.1, 0.15) is 12.0 Å². The van der Waals surface area contributed by atoms with Crippen LogP contribution in [0, 0.1) is 12.7 Å². The summed E-state index contributed by atoms with van der Waals surface area (Å²) in [6.45, 7) is 1.23. The van der Waals surface area contributed by atoms with Gasteiger partial charge in [-0.1, -0.05) is 0 Å². The van der Waals surface area contributed by atoms with Crippen molar-refractivity contribution < 1.29 is 22.7 Å². The molecule has 2 atom stereocenters. The maximum absolute atomic E-state index is 14.0. The van der Waals surface area contributed by atoms with E-state index in [9.17, 15) is 22.7 Å². The molecule has 1 aromatic carbocycles. The van der Waals surface area contributed by atoms with Crippen LogP contribution in [-0.4, -0.2) is 42.4 Å². The van der Waals surface area contributed by atoms with Crippen LogP contribution in [0.25, 0.3) is 0 Å². The molecule has 0 spiro atoms. The Bertz CT molecular complexity index is 692. The number of rotatable bonds is 3. The number of β-amino-alcohol motifs (C(OH)–C–C–N with tert-alkyl or cyclic N) is 1. The first kappa shape index (κ1) is 15.7. The number of hydrogen-bond acceptors (Lipinski definition) is 5. The lowest BCUT2D eigenvalue weighted by Crippen LogP contribution is -2.43. The third-order valence-corrected chi connectivity index (χ3v) is 5.36. The quantitative estimate of drug-likeness (QED) is 0.637. The SMILES string of the molecule is Cc1cc(F)c(S(=O)(=O)N2CC(O)CC2C(N)=O)cc1N. The van der Waals surface area contributed by atoms with E-state index in [1.54, 1.807) is 6.92 Å². The van der Waals surface area contributed by atoms with E-state index < -0.39 is 38.8 Å². The number of primary amides is 1. The van der Waals surface area contributed by atoms with Gasteiger partial charge in [-0.15, -0.1) is 0 Å². The Balaban J connectivity index is 2.52. The summed E-state index contributed by atoms with van der Waals surface area (Å²) in [5.74, 6) is -1.86. The van der Waals surface area contributed by atoms with Gasteiger partial charge >= 0.3 is 0 Å². The van der Waals surface area contributed by atoms with Crippen LogP contribution >= 0.6 is 0 Å². The van der Waals surface area contributed by atoms with E-state index in [-0.39, 0.29) is 18.7 Å². The minimum absolute atomic E-state index is 0.114. The van der Waals surface area contributed by atoms with Crippen LogP contribution in [0.4, 0.5) is 10.1 Å². The van der Waals surface area contributed by atoms with Crippen LogP contribution in [-0.2, 0) is 14.8 Å². The largest absolute Gasteiger partial charge is 0.398 e. The number of aryl methyl sites for hydroxylation is 1. The van der Waals surface area contributed by atoms with Gasteiger partial charge in [0.25, 0.3) is 0 Å². The molecule has 1 amide bonds. The molecule has 0 bridgehead atoms. The standard InChI is InChI=1S/C12H16FN3O4S/c1-6-2-8(13)11(4-9(6)14)21(19,20)16-5-7(17)3-10(16)12(15)18/h2,4,7,10,17H,3,5,14H2,1H3,(H2,15,18). The number of amides is 1. The minimum atomic E-state index is -4.32. The van der Waals surface area contributed by atoms with Gasteiger partial charge in [-0.25, -0.2) is 12.8 Å². The number of carbonyl (C=O) groups excluding carboxylic acids is 1. The molecule has 1 fully saturated rings. The summed E-state index contributed by atoms with van der Waals surface area (Å²) >= 11 is 0. The van der Waals surface area contributed by atoms with E-state index in [1.807, 2.05) is 0 Å². The summed E-state index contributed by atoms with van der Waals surface area (Å²) in [4.78, 5) is 10.7. The van der Waals surface area contributed by atoms with E-state index in [0.717, 1.165) is 12.1 Å². The molecular formula is C12H16FN3O4S. The first-order chi connectivity index (χ1) is 9.64. The second-order valence-corrected chi connectivity index (χ2v) is 6.88. The highest BCUT2D eigenvalue weighted by molar-refractivity contribution is 7.89. The van der Waals surface area contributed by atoms with E-state index in [2.05, 4.69) is 0 Å². The van der Waals surface area contributed by atoms with Crippen molar-refractivity contribution in [2.75, 3.05) is 12.3 Å². The molecule has 1 aliphatic heterocycles. The van der Waals surface area contributed by atoms with Gasteiger partial charge in [0, 0.05) is 18.7 Å². The number of benzene rings is 1. The zero-order valence-electron chi connectivity index (χ0n) is 11.3. The normalized spacial score (nSPS) is 23.4. The van der Waals surface area contributed by atoms with E-state index in [1.165, 1.54) is 0 Å². The molecule has 5 N–H and O–H groups in total. The Labute approximate surface area is 121 Å². The zero-order valence-corrected chi connectivity index (χ0v) is 12.1. The number of nitrogens with zero attached hydrogens (tertiary/aromatic N) is 1. The van der Waals surface area contributed by atoms with Crippen molar-refractivity contribution in [3.05, 3.63) is 23.5 Å². The van der Waals surface area contributed by atoms with Crippen LogP contribution in [0.2, 0.25) is 0 Å². The number of hydrogen-bond donors (Lipinski definition) is 3. The summed E-state index contributed by atoms with van der Waals surface area (Å²) in [5, 5.41) is 9.56. The third-order valence-electron chi connectivity index (χ3n) is 3.47. The van der Waals surface area contributed by atoms with Gasteiger partial charge in [0.15, 0.2) is 0 Å². The number of nitrogens with two attached hydrogens (primary N) is 2. The molecule has 116 valence electrons. The van der Waals surface area contributed by atoms with E-state index >= 15 is 0 Å². The van der Waals surface area contributed by atoms with E-state index in [4.69, 9.17) is 11.5 Å². The number of halogens is 1. The van der Waals surface area contributed by atoms with Crippen molar-refractivity contribution in [2.24, 2.45) is 5.73 Å². The predicted molar refractivity (Wildman–Crippen MR) is 73.0 cm³/mol. The molecule has 0 aromatic heterocycles. The lowest BCUT2D eigenvalue weighted by molar-refractivity contribution is -0.121. The summed E-state index contributed by atoms with van der Waals surface area (Å²) in [6.07, 6.45) is -1.14. The van der Waals surface area contributed by atoms with Crippen LogP contribution in [0.5, 0.6) is 0 Å². The maximum atomic E-state index is 14.0. The van der Waals surface area contributed by atoms with Crippen molar-refractivity contribution in [1.29, 1.82) is 0 Å². The molecule has 1 saturated heterocycles. The van der Waals surface area contributed by atoms with Gasteiger partial charge in [0.2, 0.25) is 15.9 Å². The number of aliphatic hydroxyl groups excluding tert-OH is 1. The molecule has 0 saturated carbocycles. The highest BCUT2D eigenvalue weighted by Crippen LogP contribution is 2.29. The topological polar surface area (TPSA) is 127 Å². The summed E-state index contributed by atoms with van der Waals surface area (Å²) in [5.41, 5.74) is 11.3. The van der Waals surface area contributed by atoms with Crippen LogP contribution < -0.4 is 11.5 Å². The Hall–Kier alpha value is -1.71. The first-order valence-electron chi connectivity index (χ1n) is 6.19. The lowest BCUT2D eigenvalue weighted by atomic mass is 10.2. The summed E-state index contributed by atoms with van der Waals surface area (Å²) in [7, 11) is -4.32. The molecule has 0 radical (unpaired) electrons. The Morgan fingerprint density at radius 1 is 1.48 bits per heavy atom. The lowest BCUT2D eigenvalue weighted by Gasteiger charge is -2.22. The number of anilines is 1. The van der Waals surface area contributed by atoms with Crippen LogP contribution in [0.15, 0.2) is 17.0 Å². The average Bonchev–Trinajstić information content (AvgIpc) is 2.76. The van der Waals surface area contributed by atoms with Crippen molar-refractivity contribution in [2.45, 2.75) is 30.4 Å². The first-order valence-corrected chi connectivity index (χ1v) is 7.63. The minimum Gasteiger partial charge on any atom is -0.398 e. The van der Waals surface area contributed by atoms with Crippen molar-refractivity contribution in [3.63, 3.8) is 0 Å². The molecule has 2 rings (SSSR count). The van der Waals surface area contributed by atoms with Gasteiger partial charge in [0.1, 0.15) is 16.8 Å². The molecule has 1 aliphatic rings. The summed E-state index contributed by atoms with van der Waals surface area (Å²) in [6, 6.07) is 0.809. The molecule has 1 aromatic rings. The average molecular weight is 317 g/mol. The third kappa shape index (κ3) is 2.71. The highest BCUT2D eigenvalue weighted by atomic mass is 32.2. The van der Waals surface area contributed by atoms with Crippen LogP contribution in [0.3, 0.4) is 0 Å². The molecule has 7 nitrogen and oxygen atoms in total. The van der Waals surface area contributed by atoms with Gasteiger partial charge in [-0.05, 0) is 24.6 Å². The second kappa shape index (κ2) is 5.24. The Morgan fingerprint density at radius 2 is 2.10 bits per heavy atom. The zero-order chi connectivity index (χ0) is 15.9. The van der Waals surface area contributed by atoms with Gasteiger partial charge < -0.3 is 16.6 Å². The van der Waals surface area contributed by atoms with Crippen molar-refractivity contribution >= 4 is 21.6 Å². The highest BCUT2D eigenvalue weighted by Gasteiger charge is 2.43. The second-order valence-electron chi connectivity index (χ2n) is 5.02. The number of sulfonamides is 1. The van der Waals surface area contributed by atoms with E-state index in [0.29, 0.717) is 9.87 Å². The molecular weight excluding hydrogens is 301 g/mol. The van der Waals surface area contributed by atoms with Gasteiger partial charge in [-0.3, -0.25) is 4.79 Å². The fourth-order valence-corrected chi connectivity index (χ4v) is 4.03. The molecule has 0 aliphatic carbocycles. The number of carbonyl (C=O) groups is 1. The predicted octanol–water partition coefficient (Wildman–Crippen LogP) is -0.674. The van der Waals surface area contributed by atoms with Crippen molar-refractivity contribution in [1.82, 2.24) is 4.31 Å². The molecule has 2 unspecified atom stereocenters.